The zero-order chi connectivity index (χ0) is 17.4. The molecule has 2 aliphatic heterocycles. The molecule has 2 bridgehead atoms. The summed E-state index contributed by atoms with van der Waals surface area (Å²) < 4.78 is 6.59. The molecule has 5 aliphatic rings. The summed E-state index contributed by atoms with van der Waals surface area (Å²) in [5.74, 6) is 0.336. The molecule has 0 aromatic rings. The summed E-state index contributed by atoms with van der Waals surface area (Å²) in [6, 6.07) is 0.434. The lowest BCUT2D eigenvalue weighted by atomic mass is 9.51. The normalized spacial score (nSPS) is 50.3. The quantitative estimate of drug-likeness (QED) is 0.666. The van der Waals surface area contributed by atoms with Crippen molar-refractivity contribution in [2.75, 3.05) is 20.1 Å². The summed E-state index contributed by atoms with van der Waals surface area (Å²) >= 11 is 0. The van der Waals surface area contributed by atoms with E-state index in [2.05, 4.69) is 36.3 Å². The van der Waals surface area contributed by atoms with E-state index in [1.807, 2.05) is 12.2 Å². The van der Waals surface area contributed by atoms with Crippen LogP contribution in [0.15, 0.2) is 35.5 Å². The van der Waals surface area contributed by atoms with Gasteiger partial charge in [0.25, 0.3) is 0 Å². The van der Waals surface area contributed by atoms with E-state index in [1.54, 1.807) is 0 Å². The first-order chi connectivity index (χ1) is 12.0. The van der Waals surface area contributed by atoms with Crippen LogP contribution < -0.4 is 5.32 Å². The Hall–Kier alpha value is -0.980. The number of likely N-dealkylation sites (tertiary alicyclic amines) is 1. The molecule has 25 heavy (non-hydrogen) atoms. The van der Waals surface area contributed by atoms with E-state index >= 15 is 0 Å². The molecule has 136 valence electrons. The van der Waals surface area contributed by atoms with Gasteiger partial charge in [-0.15, -0.1) is 0 Å². The second-order valence-electron chi connectivity index (χ2n) is 8.35. The highest BCUT2D eigenvalue weighted by Gasteiger charge is 2.71. The Morgan fingerprint density at radius 3 is 2.96 bits per heavy atom. The maximum atomic E-state index is 10.9. The van der Waals surface area contributed by atoms with Gasteiger partial charge in [-0.25, -0.2) is 0 Å². The lowest BCUT2D eigenvalue weighted by Gasteiger charge is -2.58. The summed E-state index contributed by atoms with van der Waals surface area (Å²) in [7, 11) is 2.21. The van der Waals surface area contributed by atoms with Gasteiger partial charge in [-0.1, -0.05) is 31.2 Å². The highest BCUT2D eigenvalue weighted by atomic mass is 16.6. The Morgan fingerprint density at radius 2 is 2.16 bits per heavy atom. The van der Waals surface area contributed by atoms with Crippen molar-refractivity contribution in [1.29, 1.82) is 0 Å². The predicted octanol–water partition coefficient (Wildman–Crippen LogP) is 0.949. The van der Waals surface area contributed by atoms with Crippen molar-refractivity contribution in [2.45, 2.75) is 56.3 Å². The van der Waals surface area contributed by atoms with E-state index in [9.17, 15) is 10.2 Å². The van der Waals surface area contributed by atoms with Gasteiger partial charge in [0, 0.05) is 17.4 Å². The SMILES string of the molecule is CCCNC12O[C@H]3[C@@H](O)C=C[C@H]4[C@H]5CC(=C1[C@]43CCN5C)C=CC2O. The van der Waals surface area contributed by atoms with Crippen LogP contribution in [0.4, 0.5) is 0 Å². The van der Waals surface area contributed by atoms with Crippen molar-refractivity contribution in [3.8, 4) is 0 Å². The van der Waals surface area contributed by atoms with Crippen LogP contribution in [-0.2, 0) is 4.74 Å². The third-order valence-corrected chi connectivity index (χ3v) is 7.22. The van der Waals surface area contributed by atoms with Gasteiger partial charge in [0.05, 0.1) is 12.2 Å². The zero-order valence-corrected chi connectivity index (χ0v) is 15.0. The van der Waals surface area contributed by atoms with Crippen LogP contribution in [0.2, 0.25) is 0 Å². The van der Waals surface area contributed by atoms with Crippen LogP contribution >= 0.6 is 0 Å². The molecule has 5 heteroatoms. The lowest BCUT2D eigenvalue weighted by molar-refractivity contribution is -0.152. The number of aliphatic hydroxyl groups excluding tert-OH is 2. The monoisotopic (exact) mass is 344 g/mol. The third-order valence-electron chi connectivity index (χ3n) is 7.22. The largest absolute Gasteiger partial charge is 0.386 e. The molecular formula is C20H28N2O3. The van der Waals surface area contributed by atoms with Crippen molar-refractivity contribution in [3.63, 3.8) is 0 Å². The summed E-state index contributed by atoms with van der Waals surface area (Å²) in [5.41, 5.74) is 1.44. The van der Waals surface area contributed by atoms with E-state index in [4.69, 9.17) is 4.74 Å². The van der Waals surface area contributed by atoms with E-state index in [0.29, 0.717) is 12.0 Å². The molecule has 7 atom stereocenters. The lowest BCUT2D eigenvalue weighted by Crippen LogP contribution is -2.63. The molecule has 3 N–H and O–H groups in total. The molecule has 2 fully saturated rings. The van der Waals surface area contributed by atoms with Crippen LogP contribution in [0.5, 0.6) is 0 Å². The number of nitrogens with one attached hydrogen (secondary N) is 1. The minimum atomic E-state index is -0.878. The number of ether oxygens (including phenoxy) is 1. The van der Waals surface area contributed by atoms with Gasteiger partial charge in [-0.2, -0.15) is 0 Å². The maximum Gasteiger partial charge on any atom is 0.172 e. The van der Waals surface area contributed by atoms with Gasteiger partial charge in [0.15, 0.2) is 5.72 Å². The second-order valence-corrected chi connectivity index (χ2v) is 8.35. The van der Waals surface area contributed by atoms with Gasteiger partial charge >= 0.3 is 0 Å². The smallest absolute Gasteiger partial charge is 0.172 e. The number of nitrogens with zero attached hydrogens (tertiary/aromatic N) is 1. The Morgan fingerprint density at radius 1 is 1.32 bits per heavy atom. The number of hydrogen-bond donors (Lipinski definition) is 3. The molecule has 0 aromatic carbocycles. The molecule has 1 spiro atoms. The van der Waals surface area contributed by atoms with Crippen molar-refractivity contribution in [3.05, 3.63) is 35.5 Å². The first-order valence-electron chi connectivity index (χ1n) is 9.64. The molecule has 2 unspecified atom stereocenters. The minimum absolute atomic E-state index is 0.203. The van der Waals surface area contributed by atoms with Gasteiger partial charge in [-0.05, 0) is 50.5 Å². The van der Waals surface area contributed by atoms with Crippen molar-refractivity contribution < 1.29 is 14.9 Å². The number of aliphatic hydroxyl groups is 2. The van der Waals surface area contributed by atoms with Gasteiger partial charge < -0.3 is 19.8 Å². The number of allylic oxidation sites excluding steroid dienone is 1. The van der Waals surface area contributed by atoms with Gasteiger partial charge in [0.1, 0.15) is 6.10 Å². The fraction of sp³-hybridized carbons (Fsp3) is 0.700. The molecule has 2 heterocycles. The highest BCUT2D eigenvalue weighted by molar-refractivity contribution is 5.52. The van der Waals surface area contributed by atoms with E-state index < -0.39 is 17.9 Å². The molecular weight excluding hydrogens is 316 g/mol. The van der Waals surface area contributed by atoms with Gasteiger partial charge in [-0.3, -0.25) is 5.32 Å². The molecule has 2 saturated heterocycles. The first-order valence-corrected chi connectivity index (χ1v) is 9.64. The fourth-order valence-corrected chi connectivity index (χ4v) is 6.20. The van der Waals surface area contributed by atoms with Crippen LogP contribution in [0.3, 0.4) is 0 Å². The number of hydrogen-bond acceptors (Lipinski definition) is 5. The van der Waals surface area contributed by atoms with E-state index in [-0.39, 0.29) is 11.5 Å². The molecule has 5 nitrogen and oxygen atoms in total. The zero-order valence-electron chi connectivity index (χ0n) is 15.0. The molecule has 3 aliphatic carbocycles. The van der Waals surface area contributed by atoms with Crippen molar-refractivity contribution in [2.24, 2.45) is 11.3 Å². The average Bonchev–Trinajstić information content (AvgIpc) is 2.92. The summed E-state index contributed by atoms with van der Waals surface area (Å²) in [6.07, 6.45) is 9.38. The van der Waals surface area contributed by atoms with Crippen molar-refractivity contribution in [1.82, 2.24) is 10.2 Å². The average molecular weight is 344 g/mol. The van der Waals surface area contributed by atoms with Gasteiger partial charge in [0.2, 0.25) is 0 Å². The topological polar surface area (TPSA) is 65.0 Å². The highest BCUT2D eigenvalue weighted by Crippen LogP contribution is 2.66. The van der Waals surface area contributed by atoms with Crippen LogP contribution in [0.25, 0.3) is 0 Å². The maximum absolute atomic E-state index is 10.9. The van der Waals surface area contributed by atoms with Crippen LogP contribution in [-0.4, -0.2) is 65.3 Å². The second kappa shape index (κ2) is 5.27. The molecule has 0 aromatic heterocycles. The summed E-state index contributed by atoms with van der Waals surface area (Å²) in [4.78, 5) is 2.46. The summed E-state index contributed by atoms with van der Waals surface area (Å²) in [6.45, 7) is 3.90. The molecule has 0 amide bonds. The Labute approximate surface area is 149 Å². The molecule has 5 rings (SSSR count). The third kappa shape index (κ3) is 1.81. The standard InChI is InChI=1S/C20H28N2O3/c1-3-9-21-20-16(24)7-4-12-11-14-13-5-6-15(23)18(25-20)19(13,17(12)20)8-10-22(14)2/h4-7,13-16,18,21,23-24H,3,8-11H2,1-2H3/t13-,14+,15-,16?,18-,19-,20?/m0/s1. The Kier molecular flexibility index (Phi) is 3.42. The predicted molar refractivity (Wildman–Crippen MR) is 94.8 cm³/mol. The first kappa shape index (κ1) is 16.2. The Balaban J connectivity index is 1.74. The van der Waals surface area contributed by atoms with Crippen LogP contribution in [0, 0.1) is 11.3 Å². The van der Waals surface area contributed by atoms with Crippen LogP contribution in [0.1, 0.15) is 26.2 Å². The number of piperidine rings is 1. The van der Waals surface area contributed by atoms with E-state index in [0.717, 1.165) is 32.4 Å². The minimum Gasteiger partial charge on any atom is -0.386 e. The summed E-state index contributed by atoms with van der Waals surface area (Å²) in [5, 5.41) is 25.3. The molecule has 0 saturated carbocycles. The number of rotatable bonds is 3. The Bertz CT molecular complexity index is 686. The molecule has 0 radical (unpaired) electrons. The van der Waals surface area contributed by atoms with Crippen molar-refractivity contribution >= 4 is 0 Å². The van der Waals surface area contributed by atoms with E-state index in [1.165, 1.54) is 11.1 Å². The fourth-order valence-electron chi connectivity index (χ4n) is 6.20.